The fraction of sp³-hybridized carbons (Fsp3) is 0.143. The number of amidine groups is 1. The molecule has 1 N–H and O–H groups in total. The number of amides is 3. The van der Waals surface area contributed by atoms with Crippen LogP contribution in [0.5, 0.6) is 11.5 Å². The van der Waals surface area contributed by atoms with Gasteiger partial charge in [0.15, 0.2) is 11.0 Å². The van der Waals surface area contributed by atoms with E-state index in [2.05, 4.69) is 30.3 Å². The number of methoxy groups -OCH3 is 1. The van der Waals surface area contributed by atoms with Gasteiger partial charge in [0.2, 0.25) is 5.91 Å². The first-order valence-electron chi connectivity index (χ1n) is 12.5. The van der Waals surface area contributed by atoms with Gasteiger partial charge in [-0.15, -0.1) is 18.3 Å². The number of aryl methyl sites for hydroxylation is 1. The zero-order valence-corrected chi connectivity index (χ0v) is 23.4. The maximum absolute atomic E-state index is 12.6. The van der Waals surface area contributed by atoms with Crippen LogP contribution in [0.1, 0.15) is 11.1 Å². The molecular formula is C28H22F3N7O4S. The predicted molar refractivity (Wildman–Crippen MR) is 155 cm³/mol. The van der Waals surface area contributed by atoms with Crippen molar-refractivity contribution in [1.82, 2.24) is 20.2 Å². The molecule has 0 bridgehead atoms. The van der Waals surface area contributed by atoms with Crippen molar-refractivity contribution in [2.24, 2.45) is 10.1 Å². The molecule has 0 radical (unpaired) electrons. The highest BCUT2D eigenvalue weighted by molar-refractivity contribution is 8.15. The number of aromatic nitrogens is 3. The maximum Gasteiger partial charge on any atom is 0.573 e. The second kappa shape index (κ2) is 12.4. The van der Waals surface area contributed by atoms with E-state index in [1.165, 1.54) is 53.5 Å². The number of nitrogens with one attached hydrogen (secondary N) is 1. The smallest absolute Gasteiger partial charge is 0.495 e. The molecule has 43 heavy (non-hydrogen) atoms. The number of aliphatic imine (C=N–C) groups is 1. The first-order chi connectivity index (χ1) is 20.6. The zero-order valence-electron chi connectivity index (χ0n) is 22.6. The number of halogens is 3. The van der Waals surface area contributed by atoms with Gasteiger partial charge in [-0.3, -0.25) is 9.69 Å². The van der Waals surface area contributed by atoms with Crippen molar-refractivity contribution in [2.45, 2.75) is 13.3 Å². The van der Waals surface area contributed by atoms with Crippen molar-refractivity contribution < 1.29 is 32.2 Å². The zero-order chi connectivity index (χ0) is 30.6. The van der Waals surface area contributed by atoms with Gasteiger partial charge in [-0.1, -0.05) is 42.1 Å². The van der Waals surface area contributed by atoms with E-state index >= 15 is 0 Å². The third kappa shape index (κ3) is 7.19. The summed E-state index contributed by atoms with van der Waals surface area (Å²) < 4.78 is 47.8. The minimum absolute atomic E-state index is 0.134. The lowest BCUT2D eigenvalue weighted by Gasteiger charge is -2.19. The number of urea groups is 1. The molecule has 220 valence electrons. The molecule has 0 saturated carbocycles. The summed E-state index contributed by atoms with van der Waals surface area (Å²) in [7, 11) is 1.50. The number of thioether (sulfide) groups is 1. The lowest BCUT2D eigenvalue weighted by atomic mass is 10.1. The van der Waals surface area contributed by atoms with Gasteiger partial charge in [-0.05, 0) is 54.4 Å². The molecule has 4 aromatic rings. The molecule has 0 atom stereocenters. The predicted octanol–water partition coefficient (Wildman–Crippen LogP) is 5.33. The Morgan fingerprint density at radius 3 is 2.53 bits per heavy atom. The van der Waals surface area contributed by atoms with E-state index in [9.17, 15) is 22.8 Å². The van der Waals surface area contributed by atoms with Gasteiger partial charge in [0.05, 0.1) is 30.5 Å². The van der Waals surface area contributed by atoms with Gasteiger partial charge in [0.1, 0.15) is 17.8 Å². The summed E-state index contributed by atoms with van der Waals surface area (Å²) in [6.45, 7) is 1.88. The lowest BCUT2D eigenvalue weighted by molar-refractivity contribution is -0.274. The molecule has 15 heteroatoms. The molecule has 3 amide bonds. The third-order valence-corrected chi connectivity index (χ3v) is 6.83. The van der Waals surface area contributed by atoms with Crippen LogP contribution in [0, 0.1) is 6.92 Å². The van der Waals surface area contributed by atoms with Crippen LogP contribution in [0.25, 0.3) is 17.1 Å². The van der Waals surface area contributed by atoms with Gasteiger partial charge in [0, 0.05) is 5.56 Å². The van der Waals surface area contributed by atoms with Crippen LogP contribution in [0.2, 0.25) is 0 Å². The Labute approximate surface area is 247 Å². The van der Waals surface area contributed by atoms with Gasteiger partial charge in [0.25, 0.3) is 0 Å². The topological polar surface area (TPSA) is 123 Å². The van der Waals surface area contributed by atoms with Crippen LogP contribution in [0.15, 0.2) is 83.2 Å². The standard InChI is InChI=1S/C28H22F3N7O4S/c1-17-3-12-23(41-2)22(13-17)38-24(39)15-43-27(38)34-26(40)35-33-14-18-4-6-19(7-5-18)25-32-16-37(36-25)20-8-10-21(11-9-20)42-28(29,30)31/h3-14,16H,15H2,1-2H3,(H,35,40)/b33-14+,34-27?. The molecule has 3 aromatic carbocycles. The molecule has 1 aliphatic rings. The first kappa shape index (κ1) is 29.3. The molecule has 5 rings (SSSR count). The van der Waals surface area contributed by atoms with E-state index in [1.54, 1.807) is 36.4 Å². The van der Waals surface area contributed by atoms with Crippen molar-refractivity contribution in [3.8, 4) is 28.6 Å². The molecule has 1 saturated heterocycles. The monoisotopic (exact) mass is 609 g/mol. The fourth-order valence-electron chi connectivity index (χ4n) is 3.97. The molecule has 1 aromatic heterocycles. The summed E-state index contributed by atoms with van der Waals surface area (Å²) in [5, 5.41) is 8.52. The van der Waals surface area contributed by atoms with Gasteiger partial charge < -0.3 is 9.47 Å². The number of carbonyl (C=O) groups excluding carboxylic acids is 2. The minimum atomic E-state index is -4.77. The Kier molecular flexibility index (Phi) is 8.43. The number of ether oxygens (including phenoxy) is 2. The highest BCUT2D eigenvalue weighted by atomic mass is 32.2. The summed E-state index contributed by atoms with van der Waals surface area (Å²) in [5.41, 5.74) is 5.58. The lowest BCUT2D eigenvalue weighted by Crippen LogP contribution is -2.31. The van der Waals surface area contributed by atoms with Gasteiger partial charge in [-0.25, -0.2) is 19.9 Å². The Morgan fingerprint density at radius 1 is 1.09 bits per heavy atom. The summed E-state index contributed by atoms with van der Waals surface area (Å²) in [4.78, 5) is 34.6. The number of benzene rings is 3. The number of alkyl halides is 3. The highest BCUT2D eigenvalue weighted by Crippen LogP contribution is 2.35. The first-order valence-corrected chi connectivity index (χ1v) is 13.5. The number of nitrogens with zero attached hydrogens (tertiary/aromatic N) is 6. The van der Waals surface area contributed by atoms with Crippen LogP contribution in [0.4, 0.5) is 23.7 Å². The second-order valence-electron chi connectivity index (χ2n) is 8.94. The number of hydrogen-bond acceptors (Lipinski definition) is 8. The van der Waals surface area contributed by atoms with E-state index in [0.717, 1.165) is 17.3 Å². The Morgan fingerprint density at radius 2 is 1.84 bits per heavy atom. The molecule has 11 nitrogen and oxygen atoms in total. The molecule has 1 fully saturated rings. The molecule has 1 aliphatic heterocycles. The van der Waals surface area contributed by atoms with Gasteiger partial charge in [-0.2, -0.15) is 10.1 Å². The SMILES string of the molecule is COc1ccc(C)cc1N1C(=O)CSC1=NC(=O)N/N=C/c1ccc(-c2ncn(-c3ccc(OC(F)(F)F)cc3)n2)cc1. The molecule has 0 unspecified atom stereocenters. The van der Waals surface area contributed by atoms with Crippen LogP contribution in [0.3, 0.4) is 0 Å². The van der Waals surface area contributed by atoms with Crippen molar-refractivity contribution in [2.75, 3.05) is 17.8 Å². The minimum Gasteiger partial charge on any atom is -0.495 e. The molecule has 0 spiro atoms. The fourth-order valence-corrected chi connectivity index (χ4v) is 4.83. The number of hydrazone groups is 1. The van der Waals surface area contributed by atoms with Crippen LogP contribution >= 0.6 is 11.8 Å². The van der Waals surface area contributed by atoms with Crippen molar-refractivity contribution in [3.63, 3.8) is 0 Å². The second-order valence-corrected chi connectivity index (χ2v) is 9.88. The van der Waals surface area contributed by atoms with E-state index < -0.39 is 12.4 Å². The summed E-state index contributed by atoms with van der Waals surface area (Å²) in [6, 6.07) is 16.8. The van der Waals surface area contributed by atoms with E-state index in [-0.39, 0.29) is 22.6 Å². The Balaban J connectivity index is 1.21. The average molecular weight is 610 g/mol. The van der Waals surface area contributed by atoms with E-state index in [1.807, 2.05) is 13.0 Å². The normalized spacial score (nSPS) is 14.5. The average Bonchev–Trinajstić information content (AvgIpc) is 3.60. The van der Waals surface area contributed by atoms with Crippen LogP contribution in [-0.4, -0.2) is 57.3 Å². The van der Waals surface area contributed by atoms with Gasteiger partial charge >= 0.3 is 12.4 Å². The summed E-state index contributed by atoms with van der Waals surface area (Å²) in [6.07, 6.45) is -1.91. The summed E-state index contributed by atoms with van der Waals surface area (Å²) >= 11 is 1.14. The largest absolute Gasteiger partial charge is 0.573 e. The number of carbonyl (C=O) groups is 2. The summed E-state index contributed by atoms with van der Waals surface area (Å²) in [5.74, 6) is 0.440. The Bertz CT molecular complexity index is 1700. The maximum atomic E-state index is 12.6. The van der Waals surface area contributed by atoms with Crippen LogP contribution in [-0.2, 0) is 4.79 Å². The molecule has 0 aliphatic carbocycles. The number of rotatable bonds is 7. The van der Waals surface area contributed by atoms with Crippen molar-refractivity contribution in [1.29, 1.82) is 0 Å². The van der Waals surface area contributed by atoms with Crippen molar-refractivity contribution >= 4 is 40.8 Å². The van der Waals surface area contributed by atoms with E-state index in [4.69, 9.17) is 4.74 Å². The quantitative estimate of drug-likeness (QED) is 0.222. The number of hydrogen-bond donors (Lipinski definition) is 1. The van der Waals surface area contributed by atoms with E-state index in [0.29, 0.717) is 34.1 Å². The van der Waals surface area contributed by atoms with Crippen molar-refractivity contribution in [3.05, 3.63) is 84.2 Å². The Hall–Kier alpha value is -5.18. The third-order valence-electron chi connectivity index (χ3n) is 5.91. The highest BCUT2D eigenvalue weighted by Gasteiger charge is 2.33. The van der Waals surface area contributed by atoms with Crippen LogP contribution < -0.4 is 19.8 Å². The molecule has 2 heterocycles. The number of anilines is 1. The molecular weight excluding hydrogens is 587 g/mol.